The lowest BCUT2D eigenvalue weighted by Gasteiger charge is -2.17. The van der Waals surface area contributed by atoms with E-state index in [2.05, 4.69) is 62.4 Å². The molecule has 0 radical (unpaired) electrons. The van der Waals surface area contributed by atoms with E-state index in [1.807, 2.05) is 18.2 Å². The first-order chi connectivity index (χ1) is 14.7. The maximum Gasteiger partial charge on any atom is 0.161 e. The minimum atomic E-state index is 0.400. The van der Waals surface area contributed by atoms with Crippen LogP contribution in [0.1, 0.15) is 60.0 Å². The zero-order valence-electron chi connectivity index (χ0n) is 17.8. The van der Waals surface area contributed by atoms with Gasteiger partial charge in [-0.15, -0.1) is 0 Å². The van der Waals surface area contributed by atoms with Crippen LogP contribution in [0.4, 0.5) is 0 Å². The number of hydrogen-bond acceptors (Lipinski definition) is 3. The first-order valence-corrected chi connectivity index (χ1v) is 10.6. The molecular formula is C27H30O3. The molecule has 0 saturated heterocycles. The van der Waals surface area contributed by atoms with Gasteiger partial charge in [0, 0.05) is 5.56 Å². The van der Waals surface area contributed by atoms with Gasteiger partial charge in [0.05, 0.1) is 13.2 Å². The fourth-order valence-electron chi connectivity index (χ4n) is 3.42. The predicted molar refractivity (Wildman–Crippen MR) is 122 cm³/mol. The van der Waals surface area contributed by atoms with Gasteiger partial charge in [0.15, 0.2) is 11.5 Å². The minimum absolute atomic E-state index is 0.400. The van der Waals surface area contributed by atoms with Crippen molar-refractivity contribution < 1.29 is 14.3 Å². The van der Waals surface area contributed by atoms with Gasteiger partial charge in [0.25, 0.3) is 0 Å². The van der Waals surface area contributed by atoms with E-state index >= 15 is 0 Å². The largest absolute Gasteiger partial charge is 0.490 e. The molecule has 3 nitrogen and oxygen atoms in total. The third kappa shape index (κ3) is 6.21. The average molecular weight is 403 g/mol. The van der Waals surface area contributed by atoms with Crippen LogP contribution in [0.15, 0.2) is 78.9 Å². The number of rotatable bonds is 11. The Morgan fingerprint density at radius 2 is 1.20 bits per heavy atom. The van der Waals surface area contributed by atoms with Crippen LogP contribution in [0.5, 0.6) is 11.5 Å². The Morgan fingerprint density at radius 1 is 0.700 bits per heavy atom. The van der Waals surface area contributed by atoms with Gasteiger partial charge in [-0.1, -0.05) is 74.5 Å². The second-order valence-electron chi connectivity index (χ2n) is 7.72. The fourth-order valence-corrected chi connectivity index (χ4v) is 3.42. The summed E-state index contributed by atoms with van der Waals surface area (Å²) in [5.74, 6) is 2.13. The standard InChI is InChI=1S/C27H30O3/c1-21(24-9-5-3-6-10-24)15-17-29-26-14-13-23(20-28)19-27(26)30-18-16-22(2)25-11-7-4-8-12-25/h3-14,19-22H,15-18H2,1-2H3. The van der Waals surface area contributed by atoms with Crippen molar-refractivity contribution in [3.05, 3.63) is 95.6 Å². The monoisotopic (exact) mass is 402 g/mol. The number of hydrogen-bond donors (Lipinski definition) is 0. The number of ether oxygens (including phenoxy) is 2. The fraction of sp³-hybridized carbons (Fsp3) is 0.296. The number of carbonyl (C=O) groups excluding carboxylic acids is 1. The molecule has 0 fully saturated rings. The van der Waals surface area contributed by atoms with Gasteiger partial charge < -0.3 is 9.47 Å². The summed E-state index contributed by atoms with van der Waals surface area (Å²) in [6, 6.07) is 26.2. The second-order valence-corrected chi connectivity index (χ2v) is 7.72. The molecule has 0 heterocycles. The van der Waals surface area contributed by atoms with Gasteiger partial charge in [0.1, 0.15) is 6.29 Å². The van der Waals surface area contributed by atoms with Crippen LogP contribution < -0.4 is 9.47 Å². The molecule has 3 heteroatoms. The van der Waals surface area contributed by atoms with Crippen molar-refractivity contribution in [2.45, 2.75) is 38.5 Å². The summed E-state index contributed by atoms with van der Waals surface area (Å²) in [6.45, 7) is 5.56. The summed E-state index contributed by atoms with van der Waals surface area (Å²) < 4.78 is 12.1. The first kappa shape index (κ1) is 21.6. The first-order valence-electron chi connectivity index (χ1n) is 10.6. The van der Waals surface area contributed by atoms with Crippen LogP contribution in [-0.4, -0.2) is 19.5 Å². The van der Waals surface area contributed by atoms with E-state index in [0.717, 1.165) is 19.1 Å². The minimum Gasteiger partial charge on any atom is -0.490 e. The summed E-state index contributed by atoms with van der Waals surface area (Å²) in [6.07, 6.45) is 2.63. The molecule has 0 aromatic heterocycles. The molecule has 0 N–H and O–H groups in total. The summed E-state index contributed by atoms with van der Waals surface area (Å²) >= 11 is 0. The Hall–Kier alpha value is -3.07. The lowest BCUT2D eigenvalue weighted by atomic mass is 9.98. The zero-order valence-corrected chi connectivity index (χ0v) is 17.8. The lowest BCUT2D eigenvalue weighted by Crippen LogP contribution is -2.07. The van der Waals surface area contributed by atoms with Crippen LogP contribution in [0.3, 0.4) is 0 Å². The average Bonchev–Trinajstić information content (AvgIpc) is 2.80. The van der Waals surface area contributed by atoms with Gasteiger partial charge in [-0.3, -0.25) is 4.79 Å². The molecule has 0 spiro atoms. The molecule has 0 saturated carbocycles. The van der Waals surface area contributed by atoms with Crippen molar-refractivity contribution in [1.82, 2.24) is 0 Å². The van der Waals surface area contributed by atoms with Gasteiger partial charge >= 0.3 is 0 Å². The maximum absolute atomic E-state index is 11.2. The molecular weight excluding hydrogens is 372 g/mol. The Kier molecular flexibility index (Phi) is 8.08. The topological polar surface area (TPSA) is 35.5 Å². The highest BCUT2D eigenvalue weighted by Crippen LogP contribution is 2.30. The molecule has 3 aromatic rings. The quantitative estimate of drug-likeness (QED) is 0.337. The highest BCUT2D eigenvalue weighted by Gasteiger charge is 2.11. The van der Waals surface area contributed by atoms with E-state index in [1.165, 1.54) is 11.1 Å². The Morgan fingerprint density at radius 3 is 1.70 bits per heavy atom. The van der Waals surface area contributed by atoms with Crippen LogP contribution in [-0.2, 0) is 0 Å². The molecule has 30 heavy (non-hydrogen) atoms. The number of aldehydes is 1. The van der Waals surface area contributed by atoms with Crippen molar-refractivity contribution in [1.29, 1.82) is 0 Å². The van der Waals surface area contributed by atoms with Crippen LogP contribution in [0.25, 0.3) is 0 Å². The van der Waals surface area contributed by atoms with Gasteiger partial charge in [-0.05, 0) is 54.0 Å². The SMILES string of the molecule is CC(CCOc1ccc(C=O)cc1OCCC(C)c1ccccc1)c1ccccc1. The molecule has 2 unspecified atom stereocenters. The van der Waals surface area contributed by atoms with Crippen LogP contribution in [0.2, 0.25) is 0 Å². The van der Waals surface area contributed by atoms with Crippen molar-refractivity contribution in [3.63, 3.8) is 0 Å². The van der Waals surface area contributed by atoms with Crippen molar-refractivity contribution in [3.8, 4) is 11.5 Å². The Labute approximate surface area is 179 Å². The second kappa shape index (κ2) is 11.2. The van der Waals surface area contributed by atoms with E-state index in [9.17, 15) is 4.79 Å². The normalized spacial score (nSPS) is 12.7. The molecule has 0 aliphatic rings. The van der Waals surface area contributed by atoms with E-state index in [0.29, 0.717) is 42.1 Å². The molecule has 3 aromatic carbocycles. The van der Waals surface area contributed by atoms with Crippen LogP contribution >= 0.6 is 0 Å². The molecule has 2 atom stereocenters. The smallest absolute Gasteiger partial charge is 0.161 e. The van der Waals surface area contributed by atoms with E-state index in [4.69, 9.17) is 9.47 Å². The number of carbonyl (C=O) groups is 1. The summed E-state index contributed by atoms with van der Waals surface area (Å²) in [5, 5.41) is 0. The van der Waals surface area contributed by atoms with E-state index < -0.39 is 0 Å². The van der Waals surface area contributed by atoms with E-state index in [-0.39, 0.29) is 0 Å². The van der Waals surface area contributed by atoms with Crippen LogP contribution in [0, 0.1) is 0 Å². The molecule has 0 aliphatic carbocycles. The Balaban J connectivity index is 1.56. The van der Waals surface area contributed by atoms with Gasteiger partial charge in [-0.2, -0.15) is 0 Å². The molecule has 0 amide bonds. The highest BCUT2D eigenvalue weighted by molar-refractivity contribution is 5.76. The molecule has 0 aliphatic heterocycles. The third-order valence-electron chi connectivity index (χ3n) is 5.46. The number of benzene rings is 3. The third-order valence-corrected chi connectivity index (χ3v) is 5.46. The maximum atomic E-state index is 11.2. The van der Waals surface area contributed by atoms with Crippen molar-refractivity contribution >= 4 is 6.29 Å². The van der Waals surface area contributed by atoms with Gasteiger partial charge in [0.2, 0.25) is 0 Å². The predicted octanol–water partition coefficient (Wildman–Crippen LogP) is 6.64. The molecule has 3 rings (SSSR count). The zero-order chi connectivity index (χ0) is 21.2. The lowest BCUT2D eigenvalue weighted by molar-refractivity contribution is 0.112. The summed E-state index contributed by atoms with van der Waals surface area (Å²) in [4.78, 5) is 11.2. The van der Waals surface area contributed by atoms with E-state index in [1.54, 1.807) is 12.1 Å². The summed E-state index contributed by atoms with van der Waals surface area (Å²) in [7, 11) is 0. The highest BCUT2D eigenvalue weighted by atomic mass is 16.5. The molecule has 156 valence electrons. The van der Waals surface area contributed by atoms with Crippen molar-refractivity contribution in [2.24, 2.45) is 0 Å². The summed E-state index contributed by atoms with van der Waals surface area (Å²) in [5.41, 5.74) is 3.20. The Bertz CT molecular complexity index is 906. The van der Waals surface area contributed by atoms with Gasteiger partial charge in [-0.25, -0.2) is 0 Å². The molecule has 0 bridgehead atoms. The van der Waals surface area contributed by atoms with Crippen molar-refractivity contribution in [2.75, 3.05) is 13.2 Å².